The van der Waals surface area contributed by atoms with Crippen LogP contribution >= 0.6 is 0 Å². The maximum atomic E-state index is 11.4. The van der Waals surface area contributed by atoms with E-state index in [0.29, 0.717) is 11.3 Å². The fourth-order valence-corrected chi connectivity index (χ4v) is 0.962. The van der Waals surface area contributed by atoms with Crippen LogP contribution in [0, 0.1) is 0 Å². The smallest absolute Gasteiger partial charge is 0.341 e. The quantitative estimate of drug-likeness (QED) is 0.370. The topological polar surface area (TPSA) is 78.6 Å². The van der Waals surface area contributed by atoms with E-state index in [1.807, 2.05) is 0 Å². The SMILES string of the molecule is C=C(C)C(=O)OCOC(=O)c1ccc(N)cc1. The van der Waals surface area contributed by atoms with Crippen LogP contribution < -0.4 is 5.73 Å². The molecule has 1 aromatic rings. The summed E-state index contributed by atoms with van der Waals surface area (Å²) >= 11 is 0. The van der Waals surface area contributed by atoms with Gasteiger partial charge in [0.15, 0.2) is 0 Å². The number of carbonyl (C=O) groups excluding carboxylic acids is 2. The van der Waals surface area contributed by atoms with E-state index in [2.05, 4.69) is 11.3 Å². The first-order valence-electron chi connectivity index (χ1n) is 4.86. The van der Waals surface area contributed by atoms with E-state index < -0.39 is 18.7 Å². The summed E-state index contributed by atoms with van der Waals surface area (Å²) in [5.41, 5.74) is 6.60. The van der Waals surface area contributed by atoms with E-state index in [4.69, 9.17) is 10.5 Å². The number of rotatable bonds is 4. The second-order valence-corrected chi connectivity index (χ2v) is 3.38. The lowest BCUT2D eigenvalue weighted by molar-refractivity contribution is -0.147. The van der Waals surface area contributed by atoms with Gasteiger partial charge in [0.25, 0.3) is 0 Å². The largest absolute Gasteiger partial charge is 0.425 e. The van der Waals surface area contributed by atoms with Crippen LogP contribution in [0.4, 0.5) is 5.69 Å². The highest BCUT2D eigenvalue weighted by molar-refractivity contribution is 5.90. The number of anilines is 1. The monoisotopic (exact) mass is 235 g/mol. The van der Waals surface area contributed by atoms with Crippen molar-refractivity contribution in [2.75, 3.05) is 12.5 Å². The fourth-order valence-electron chi connectivity index (χ4n) is 0.962. The van der Waals surface area contributed by atoms with Gasteiger partial charge in [0.2, 0.25) is 6.79 Å². The van der Waals surface area contributed by atoms with Crippen LogP contribution in [-0.4, -0.2) is 18.7 Å². The molecule has 1 aromatic carbocycles. The molecule has 17 heavy (non-hydrogen) atoms. The van der Waals surface area contributed by atoms with Crippen molar-refractivity contribution in [2.24, 2.45) is 0 Å². The molecule has 0 fully saturated rings. The Bertz CT molecular complexity index is 436. The highest BCUT2D eigenvalue weighted by atomic mass is 16.7. The van der Waals surface area contributed by atoms with E-state index in [9.17, 15) is 9.59 Å². The van der Waals surface area contributed by atoms with E-state index in [-0.39, 0.29) is 5.57 Å². The predicted molar refractivity (Wildman–Crippen MR) is 62.0 cm³/mol. The molecule has 2 N–H and O–H groups in total. The Morgan fingerprint density at radius 1 is 1.24 bits per heavy atom. The van der Waals surface area contributed by atoms with Crippen molar-refractivity contribution in [3.63, 3.8) is 0 Å². The zero-order valence-corrected chi connectivity index (χ0v) is 9.43. The average molecular weight is 235 g/mol. The van der Waals surface area contributed by atoms with Gasteiger partial charge in [-0.3, -0.25) is 0 Å². The van der Waals surface area contributed by atoms with Gasteiger partial charge in [-0.1, -0.05) is 6.58 Å². The number of carbonyl (C=O) groups is 2. The van der Waals surface area contributed by atoms with Crippen molar-refractivity contribution < 1.29 is 19.1 Å². The van der Waals surface area contributed by atoms with Crippen LogP contribution in [-0.2, 0) is 14.3 Å². The minimum atomic E-state index is -0.602. The van der Waals surface area contributed by atoms with Gasteiger partial charge < -0.3 is 15.2 Å². The maximum Gasteiger partial charge on any atom is 0.341 e. The summed E-state index contributed by atoms with van der Waals surface area (Å²) in [4.78, 5) is 22.4. The minimum absolute atomic E-state index is 0.244. The number of benzene rings is 1. The summed E-state index contributed by atoms with van der Waals surface area (Å²) in [7, 11) is 0. The summed E-state index contributed by atoms with van der Waals surface area (Å²) < 4.78 is 9.34. The zero-order chi connectivity index (χ0) is 12.8. The van der Waals surface area contributed by atoms with Gasteiger partial charge in [-0.25, -0.2) is 9.59 Å². The first kappa shape index (κ1) is 12.8. The second-order valence-electron chi connectivity index (χ2n) is 3.38. The lowest BCUT2D eigenvalue weighted by Gasteiger charge is -2.06. The Balaban J connectivity index is 2.43. The Labute approximate surface area is 98.8 Å². The summed E-state index contributed by atoms with van der Waals surface area (Å²) in [6.45, 7) is 4.46. The fraction of sp³-hybridized carbons (Fsp3) is 0.167. The van der Waals surface area contributed by atoms with Crippen molar-refractivity contribution in [2.45, 2.75) is 6.92 Å². The van der Waals surface area contributed by atoms with Crippen molar-refractivity contribution >= 4 is 17.6 Å². The average Bonchev–Trinajstić information content (AvgIpc) is 2.29. The van der Waals surface area contributed by atoms with Crippen LogP contribution in [0.15, 0.2) is 36.4 Å². The molecular weight excluding hydrogens is 222 g/mol. The van der Waals surface area contributed by atoms with Gasteiger partial charge in [0.05, 0.1) is 5.56 Å². The van der Waals surface area contributed by atoms with Crippen molar-refractivity contribution in [3.05, 3.63) is 42.0 Å². The molecule has 90 valence electrons. The lowest BCUT2D eigenvalue weighted by Crippen LogP contribution is -2.13. The van der Waals surface area contributed by atoms with Crippen molar-refractivity contribution in [3.8, 4) is 0 Å². The van der Waals surface area contributed by atoms with E-state index in [1.165, 1.54) is 19.1 Å². The van der Waals surface area contributed by atoms with Gasteiger partial charge in [-0.15, -0.1) is 0 Å². The minimum Gasteiger partial charge on any atom is -0.425 e. The summed E-state index contributed by atoms with van der Waals surface area (Å²) in [5.74, 6) is -1.19. The van der Waals surface area contributed by atoms with Crippen LogP contribution in [0.25, 0.3) is 0 Å². The van der Waals surface area contributed by atoms with E-state index in [0.717, 1.165) is 0 Å². The molecule has 0 atom stereocenters. The Kier molecular flexibility index (Phi) is 4.28. The van der Waals surface area contributed by atoms with Gasteiger partial charge in [-0.05, 0) is 31.2 Å². The third kappa shape index (κ3) is 3.98. The molecule has 5 heteroatoms. The van der Waals surface area contributed by atoms with Crippen LogP contribution in [0.3, 0.4) is 0 Å². The van der Waals surface area contributed by atoms with Gasteiger partial charge in [0, 0.05) is 11.3 Å². The number of hydrogen-bond donors (Lipinski definition) is 1. The number of esters is 2. The molecule has 0 saturated carbocycles. The molecule has 0 aliphatic rings. The molecule has 5 nitrogen and oxygen atoms in total. The molecule has 0 saturated heterocycles. The highest BCUT2D eigenvalue weighted by Crippen LogP contribution is 2.06. The van der Waals surface area contributed by atoms with Gasteiger partial charge in [0.1, 0.15) is 0 Å². The Morgan fingerprint density at radius 2 is 1.82 bits per heavy atom. The van der Waals surface area contributed by atoms with Crippen LogP contribution in [0.1, 0.15) is 17.3 Å². The van der Waals surface area contributed by atoms with Crippen molar-refractivity contribution in [1.82, 2.24) is 0 Å². The number of ether oxygens (including phenoxy) is 2. The lowest BCUT2D eigenvalue weighted by atomic mass is 10.2. The standard InChI is InChI=1S/C12H13NO4/c1-8(2)11(14)16-7-17-12(15)9-3-5-10(13)6-4-9/h3-6H,1,7,13H2,2H3. The molecule has 0 aliphatic heterocycles. The maximum absolute atomic E-state index is 11.4. The molecule has 0 aromatic heterocycles. The first-order chi connectivity index (χ1) is 8.00. The number of hydrogen-bond acceptors (Lipinski definition) is 5. The Morgan fingerprint density at radius 3 is 2.35 bits per heavy atom. The molecule has 0 amide bonds. The molecule has 0 radical (unpaired) electrons. The van der Waals surface area contributed by atoms with Gasteiger partial charge in [-0.2, -0.15) is 0 Å². The third-order valence-electron chi connectivity index (χ3n) is 1.87. The Hall–Kier alpha value is -2.30. The zero-order valence-electron chi connectivity index (χ0n) is 9.43. The molecule has 0 bridgehead atoms. The molecule has 0 aliphatic carbocycles. The van der Waals surface area contributed by atoms with E-state index in [1.54, 1.807) is 12.1 Å². The summed E-state index contributed by atoms with van der Waals surface area (Å²) in [6, 6.07) is 6.21. The molecule has 0 unspecified atom stereocenters. The molecular formula is C12H13NO4. The second kappa shape index (κ2) is 5.69. The van der Waals surface area contributed by atoms with Crippen LogP contribution in [0.2, 0.25) is 0 Å². The number of nitrogen functional groups attached to an aromatic ring is 1. The highest BCUT2D eigenvalue weighted by Gasteiger charge is 2.08. The molecule has 0 heterocycles. The summed E-state index contributed by atoms with van der Waals surface area (Å²) in [5, 5.41) is 0. The molecule has 0 spiro atoms. The van der Waals surface area contributed by atoms with Crippen LogP contribution in [0.5, 0.6) is 0 Å². The molecule has 1 rings (SSSR count). The normalized spacial score (nSPS) is 9.47. The first-order valence-corrected chi connectivity index (χ1v) is 4.86. The van der Waals surface area contributed by atoms with E-state index >= 15 is 0 Å². The summed E-state index contributed by atoms with van der Waals surface area (Å²) in [6.07, 6.45) is 0. The third-order valence-corrected chi connectivity index (χ3v) is 1.87. The van der Waals surface area contributed by atoms with Crippen molar-refractivity contribution in [1.29, 1.82) is 0 Å². The predicted octanol–water partition coefficient (Wildman–Crippen LogP) is 1.50. The number of nitrogens with two attached hydrogens (primary N) is 1. The van der Waals surface area contributed by atoms with Gasteiger partial charge >= 0.3 is 11.9 Å².